The topological polar surface area (TPSA) is 29.9 Å². The second-order valence-electron chi connectivity index (χ2n) is 6.49. The van der Waals surface area contributed by atoms with E-state index in [0.29, 0.717) is 0 Å². The van der Waals surface area contributed by atoms with E-state index in [4.69, 9.17) is 4.98 Å². The molecule has 1 aliphatic heterocycles. The highest BCUT2D eigenvalue weighted by Gasteiger charge is 2.36. The first-order valence-electron chi connectivity index (χ1n) is 8.38. The van der Waals surface area contributed by atoms with Crippen molar-refractivity contribution < 1.29 is 0 Å². The van der Waals surface area contributed by atoms with Crippen LogP contribution in [0, 0.1) is 6.92 Å². The zero-order chi connectivity index (χ0) is 14.9. The quantitative estimate of drug-likeness (QED) is 0.926. The molecule has 1 unspecified atom stereocenters. The van der Waals surface area contributed by atoms with Crippen molar-refractivity contribution in [3.8, 4) is 0 Å². The maximum atomic E-state index is 5.08. The Bertz CT molecular complexity index is 621. The zero-order valence-electron chi connectivity index (χ0n) is 13.6. The molecule has 3 nitrogen and oxygen atoms in total. The van der Waals surface area contributed by atoms with Gasteiger partial charge in [-0.05, 0) is 56.8 Å². The molecular weight excluding hydrogens is 258 g/mol. The van der Waals surface area contributed by atoms with Gasteiger partial charge in [-0.25, -0.2) is 4.98 Å². The van der Waals surface area contributed by atoms with Crippen molar-refractivity contribution in [2.75, 3.05) is 13.1 Å². The summed E-state index contributed by atoms with van der Waals surface area (Å²) < 4.78 is 2.48. The first kappa shape index (κ1) is 14.6. The van der Waals surface area contributed by atoms with Gasteiger partial charge in [0.25, 0.3) is 0 Å². The van der Waals surface area contributed by atoms with Gasteiger partial charge in [-0.15, -0.1) is 0 Å². The van der Waals surface area contributed by atoms with Gasteiger partial charge in [0.1, 0.15) is 5.82 Å². The highest BCUT2D eigenvalue weighted by Crippen LogP contribution is 2.36. The number of aryl methyl sites for hydroxylation is 2. The van der Waals surface area contributed by atoms with Crippen LogP contribution in [0.5, 0.6) is 0 Å². The third-order valence-electron chi connectivity index (χ3n) is 4.97. The van der Waals surface area contributed by atoms with Gasteiger partial charge in [-0.1, -0.05) is 19.9 Å². The first-order chi connectivity index (χ1) is 10.2. The number of fused-ring (bicyclic) bond motifs is 1. The Kier molecular flexibility index (Phi) is 4.03. The van der Waals surface area contributed by atoms with Crippen LogP contribution in [-0.2, 0) is 12.0 Å². The van der Waals surface area contributed by atoms with Gasteiger partial charge >= 0.3 is 0 Å². The number of nitrogens with one attached hydrogen (secondary N) is 1. The molecule has 0 radical (unpaired) electrons. The van der Waals surface area contributed by atoms with Gasteiger partial charge in [0.2, 0.25) is 0 Å². The van der Waals surface area contributed by atoms with E-state index in [9.17, 15) is 0 Å². The third kappa shape index (κ3) is 2.48. The summed E-state index contributed by atoms with van der Waals surface area (Å²) in [6.45, 7) is 9.99. The third-order valence-corrected chi connectivity index (χ3v) is 4.97. The lowest BCUT2D eigenvalue weighted by atomic mass is 9.77. The van der Waals surface area contributed by atoms with Crippen molar-refractivity contribution in [2.24, 2.45) is 0 Å². The number of aromatic nitrogens is 2. The number of imidazole rings is 1. The molecule has 1 aromatic carbocycles. The highest BCUT2D eigenvalue weighted by atomic mass is 15.1. The van der Waals surface area contributed by atoms with Crippen molar-refractivity contribution >= 4 is 11.0 Å². The van der Waals surface area contributed by atoms with Crippen LogP contribution < -0.4 is 5.32 Å². The van der Waals surface area contributed by atoms with Gasteiger partial charge < -0.3 is 9.88 Å². The number of benzene rings is 1. The van der Waals surface area contributed by atoms with E-state index in [0.717, 1.165) is 38.0 Å². The highest BCUT2D eigenvalue weighted by molar-refractivity contribution is 5.77. The SMILES string of the molecule is CCCn1c(C2(CC)CCCNC2)nc2cc(C)ccc21. The van der Waals surface area contributed by atoms with Gasteiger partial charge in [0.05, 0.1) is 11.0 Å². The number of hydrogen-bond acceptors (Lipinski definition) is 2. The Hall–Kier alpha value is -1.35. The van der Waals surface area contributed by atoms with Crippen molar-refractivity contribution in [1.82, 2.24) is 14.9 Å². The van der Waals surface area contributed by atoms with Crippen LogP contribution >= 0.6 is 0 Å². The van der Waals surface area contributed by atoms with E-state index < -0.39 is 0 Å². The Labute approximate surface area is 127 Å². The molecule has 1 fully saturated rings. The Morgan fingerprint density at radius 1 is 1.33 bits per heavy atom. The van der Waals surface area contributed by atoms with E-state index in [1.54, 1.807) is 0 Å². The zero-order valence-corrected chi connectivity index (χ0v) is 13.6. The molecule has 1 N–H and O–H groups in total. The van der Waals surface area contributed by atoms with E-state index in [-0.39, 0.29) is 5.41 Å². The molecule has 1 saturated heterocycles. The van der Waals surface area contributed by atoms with Crippen LogP contribution in [0.4, 0.5) is 0 Å². The van der Waals surface area contributed by atoms with Crippen molar-refractivity contribution in [3.63, 3.8) is 0 Å². The summed E-state index contributed by atoms with van der Waals surface area (Å²) in [5, 5.41) is 3.60. The second kappa shape index (κ2) is 5.80. The van der Waals surface area contributed by atoms with Gasteiger partial charge in [0, 0.05) is 18.5 Å². The summed E-state index contributed by atoms with van der Waals surface area (Å²) in [5.74, 6) is 1.31. The van der Waals surface area contributed by atoms with E-state index in [1.165, 1.54) is 29.7 Å². The Morgan fingerprint density at radius 3 is 2.86 bits per heavy atom. The largest absolute Gasteiger partial charge is 0.327 e. The van der Waals surface area contributed by atoms with E-state index >= 15 is 0 Å². The maximum absolute atomic E-state index is 5.08. The van der Waals surface area contributed by atoms with E-state index in [2.05, 4.69) is 48.9 Å². The van der Waals surface area contributed by atoms with Crippen molar-refractivity contribution in [1.29, 1.82) is 0 Å². The molecule has 2 aromatic rings. The lowest BCUT2D eigenvalue weighted by Gasteiger charge is -2.36. The monoisotopic (exact) mass is 285 g/mol. The average molecular weight is 285 g/mol. The molecule has 2 heterocycles. The van der Waals surface area contributed by atoms with Gasteiger partial charge in [-0.2, -0.15) is 0 Å². The fourth-order valence-electron chi connectivity index (χ4n) is 3.71. The van der Waals surface area contributed by atoms with Crippen LogP contribution in [0.3, 0.4) is 0 Å². The molecule has 0 spiro atoms. The standard InChI is InChI=1S/C18H27N3/c1-4-11-21-16-8-7-14(3)12-15(16)20-17(21)18(5-2)9-6-10-19-13-18/h7-8,12,19H,4-6,9-11,13H2,1-3H3. The van der Waals surface area contributed by atoms with Gasteiger partial charge in [0.15, 0.2) is 0 Å². The number of piperidine rings is 1. The molecule has 0 bridgehead atoms. The lowest BCUT2D eigenvalue weighted by Crippen LogP contribution is -2.44. The minimum absolute atomic E-state index is 0.209. The maximum Gasteiger partial charge on any atom is 0.117 e. The molecule has 0 saturated carbocycles. The molecule has 21 heavy (non-hydrogen) atoms. The predicted octanol–water partition coefficient (Wildman–Crippen LogP) is 3.79. The van der Waals surface area contributed by atoms with E-state index in [1.807, 2.05) is 0 Å². The fraction of sp³-hybridized carbons (Fsp3) is 0.611. The summed E-state index contributed by atoms with van der Waals surface area (Å²) in [5.41, 5.74) is 3.97. The van der Waals surface area contributed by atoms with Crippen LogP contribution in [0.15, 0.2) is 18.2 Å². The predicted molar refractivity (Wildman–Crippen MR) is 88.8 cm³/mol. The molecule has 1 aromatic heterocycles. The summed E-state index contributed by atoms with van der Waals surface area (Å²) in [7, 11) is 0. The molecular formula is C18H27N3. The summed E-state index contributed by atoms with van der Waals surface area (Å²) in [6, 6.07) is 6.68. The van der Waals surface area contributed by atoms with Crippen LogP contribution in [-0.4, -0.2) is 22.6 Å². The summed E-state index contributed by atoms with van der Waals surface area (Å²) in [6.07, 6.45) is 4.82. The Balaban J connectivity index is 2.17. The molecule has 0 amide bonds. The first-order valence-corrected chi connectivity index (χ1v) is 8.38. The van der Waals surface area contributed by atoms with Crippen LogP contribution in [0.2, 0.25) is 0 Å². The number of hydrogen-bond donors (Lipinski definition) is 1. The number of nitrogens with zero attached hydrogens (tertiary/aromatic N) is 2. The summed E-state index contributed by atoms with van der Waals surface area (Å²) in [4.78, 5) is 5.08. The van der Waals surface area contributed by atoms with Crippen molar-refractivity contribution in [2.45, 2.75) is 58.4 Å². The molecule has 3 rings (SSSR count). The van der Waals surface area contributed by atoms with Gasteiger partial charge in [-0.3, -0.25) is 0 Å². The minimum Gasteiger partial charge on any atom is -0.327 e. The summed E-state index contributed by atoms with van der Waals surface area (Å²) >= 11 is 0. The molecule has 1 atom stereocenters. The normalized spacial score (nSPS) is 22.8. The number of rotatable bonds is 4. The molecule has 0 aliphatic carbocycles. The van der Waals surface area contributed by atoms with Crippen molar-refractivity contribution in [3.05, 3.63) is 29.6 Å². The fourth-order valence-corrected chi connectivity index (χ4v) is 3.71. The molecule has 1 aliphatic rings. The second-order valence-corrected chi connectivity index (χ2v) is 6.49. The molecule has 3 heteroatoms. The average Bonchev–Trinajstić information content (AvgIpc) is 2.87. The lowest BCUT2D eigenvalue weighted by molar-refractivity contribution is 0.279. The Morgan fingerprint density at radius 2 is 2.19 bits per heavy atom. The van der Waals surface area contributed by atoms with Crippen LogP contribution in [0.25, 0.3) is 11.0 Å². The minimum atomic E-state index is 0.209. The van der Waals surface area contributed by atoms with Crippen LogP contribution in [0.1, 0.15) is 50.9 Å². The molecule has 114 valence electrons. The smallest absolute Gasteiger partial charge is 0.117 e.